The first kappa shape index (κ1) is 10.4. The molecule has 3 nitrogen and oxygen atoms in total. The van der Waals surface area contributed by atoms with Gasteiger partial charge in [0, 0.05) is 6.42 Å². The first-order valence-corrected chi connectivity index (χ1v) is 4.47. The lowest BCUT2D eigenvalue weighted by atomic mass is 10.1. The van der Waals surface area contributed by atoms with Crippen LogP contribution in [-0.2, 0) is 14.3 Å². The summed E-state index contributed by atoms with van der Waals surface area (Å²) in [5.41, 5.74) is 0.698. The van der Waals surface area contributed by atoms with Gasteiger partial charge in [-0.15, -0.1) is 0 Å². The average Bonchev–Trinajstić information content (AvgIpc) is 2.26. The molecular formula is C11H12O3. The SMILES string of the molecule is CCC(=O)OC(C=O)c1ccccc1. The van der Waals surface area contributed by atoms with Gasteiger partial charge >= 0.3 is 5.97 Å². The van der Waals surface area contributed by atoms with Crippen LogP contribution in [-0.4, -0.2) is 12.3 Å². The number of ether oxygens (including phenoxy) is 1. The highest BCUT2D eigenvalue weighted by atomic mass is 16.5. The highest BCUT2D eigenvalue weighted by Gasteiger charge is 2.13. The molecule has 0 heterocycles. The van der Waals surface area contributed by atoms with Crippen LogP contribution in [0, 0.1) is 0 Å². The van der Waals surface area contributed by atoms with Crippen LogP contribution >= 0.6 is 0 Å². The molecule has 0 bridgehead atoms. The first-order valence-electron chi connectivity index (χ1n) is 4.47. The topological polar surface area (TPSA) is 43.4 Å². The Morgan fingerprint density at radius 1 is 1.43 bits per heavy atom. The van der Waals surface area contributed by atoms with Crippen molar-refractivity contribution in [3.63, 3.8) is 0 Å². The second-order valence-corrected chi connectivity index (χ2v) is 2.81. The number of aldehydes is 1. The minimum atomic E-state index is -0.774. The molecule has 0 saturated heterocycles. The van der Waals surface area contributed by atoms with Crippen molar-refractivity contribution in [2.75, 3.05) is 0 Å². The molecule has 0 aliphatic rings. The summed E-state index contributed by atoms with van der Waals surface area (Å²) >= 11 is 0. The van der Waals surface area contributed by atoms with E-state index in [0.29, 0.717) is 11.8 Å². The lowest BCUT2D eigenvalue weighted by Gasteiger charge is -2.11. The molecule has 0 amide bonds. The largest absolute Gasteiger partial charge is 0.450 e. The van der Waals surface area contributed by atoms with Crippen LogP contribution in [0.5, 0.6) is 0 Å². The van der Waals surface area contributed by atoms with E-state index < -0.39 is 6.10 Å². The van der Waals surface area contributed by atoms with Crippen LogP contribution < -0.4 is 0 Å². The van der Waals surface area contributed by atoms with Crippen LogP contribution in [0.2, 0.25) is 0 Å². The van der Waals surface area contributed by atoms with E-state index in [0.717, 1.165) is 0 Å². The summed E-state index contributed by atoms with van der Waals surface area (Å²) in [4.78, 5) is 21.7. The van der Waals surface area contributed by atoms with Gasteiger partial charge in [0.05, 0.1) is 0 Å². The number of hydrogen-bond acceptors (Lipinski definition) is 3. The van der Waals surface area contributed by atoms with Crippen LogP contribution in [0.25, 0.3) is 0 Å². The minimum absolute atomic E-state index is 0.275. The number of carbonyl (C=O) groups is 2. The average molecular weight is 192 g/mol. The molecule has 1 aromatic rings. The molecule has 1 unspecified atom stereocenters. The molecule has 74 valence electrons. The summed E-state index contributed by atoms with van der Waals surface area (Å²) in [6, 6.07) is 8.94. The van der Waals surface area contributed by atoms with Crippen LogP contribution in [0.15, 0.2) is 30.3 Å². The first-order chi connectivity index (χ1) is 6.77. The van der Waals surface area contributed by atoms with Crippen molar-refractivity contribution in [1.29, 1.82) is 0 Å². The van der Waals surface area contributed by atoms with E-state index >= 15 is 0 Å². The third-order valence-corrected chi connectivity index (χ3v) is 1.80. The summed E-state index contributed by atoms with van der Waals surface area (Å²) in [5, 5.41) is 0. The second kappa shape index (κ2) is 5.17. The maximum atomic E-state index is 11.0. The maximum Gasteiger partial charge on any atom is 0.306 e. The number of esters is 1. The monoisotopic (exact) mass is 192 g/mol. The number of carbonyl (C=O) groups excluding carboxylic acids is 2. The molecule has 3 heteroatoms. The molecule has 0 radical (unpaired) electrons. The van der Waals surface area contributed by atoms with Gasteiger partial charge in [0.2, 0.25) is 0 Å². The van der Waals surface area contributed by atoms with Gasteiger partial charge in [0.1, 0.15) is 0 Å². The van der Waals surface area contributed by atoms with E-state index in [1.54, 1.807) is 31.2 Å². The lowest BCUT2D eigenvalue weighted by Crippen LogP contribution is -2.11. The smallest absolute Gasteiger partial charge is 0.306 e. The number of benzene rings is 1. The molecule has 14 heavy (non-hydrogen) atoms. The third-order valence-electron chi connectivity index (χ3n) is 1.80. The fourth-order valence-electron chi connectivity index (χ4n) is 1.04. The van der Waals surface area contributed by atoms with Gasteiger partial charge in [0.15, 0.2) is 12.4 Å². The number of hydrogen-bond donors (Lipinski definition) is 0. The molecule has 0 spiro atoms. The Morgan fingerprint density at radius 2 is 2.07 bits per heavy atom. The predicted molar refractivity (Wildman–Crippen MR) is 51.6 cm³/mol. The fourth-order valence-corrected chi connectivity index (χ4v) is 1.04. The zero-order valence-electron chi connectivity index (χ0n) is 7.97. The van der Waals surface area contributed by atoms with Gasteiger partial charge in [-0.05, 0) is 5.56 Å². The van der Waals surface area contributed by atoms with Gasteiger partial charge in [-0.2, -0.15) is 0 Å². The maximum absolute atomic E-state index is 11.0. The molecular weight excluding hydrogens is 180 g/mol. The van der Waals surface area contributed by atoms with E-state index in [4.69, 9.17) is 4.74 Å². The van der Waals surface area contributed by atoms with E-state index in [2.05, 4.69) is 0 Å². The van der Waals surface area contributed by atoms with Crippen LogP contribution in [0.1, 0.15) is 25.0 Å². The summed E-state index contributed by atoms with van der Waals surface area (Å²) in [7, 11) is 0. The van der Waals surface area contributed by atoms with E-state index in [-0.39, 0.29) is 12.4 Å². The molecule has 0 fully saturated rings. The summed E-state index contributed by atoms with van der Waals surface area (Å²) in [6.45, 7) is 1.69. The van der Waals surface area contributed by atoms with Crippen molar-refractivity contribution in [3.8, 4) is 0 Å². The molecule has 0 aromatic heterocycles. The number of rotatable bonds is 4. The quantitative estimate of drug-likeness (QED) is 0.540. The Morgan fingerprint density at radius 3 is 2.57 bits per heavy atom. The second-order valence-electron chi connectivity index (χ2n) is 2.81. The van der Waals surface area contributed by atoms with Crippen molar-refractivity contribution in [3.05, 3.63) is 35.9 Å². The van der Waals surface area contributed by atoms with E-state index in [1.807, 2.05) is 6.07 Å². The Hall–Kier alpha value is -1.64. The van der Waals surface area contributed by atoms with Gasteiger partial charge < -0.3 is 4.74 Å². The standard InChI is InChI=1S/C11H12O3/c1-2-11(13)14-10(8-12)9-6-4-3-5-7-9/h3-8,10H,2H2,1H3. The van der Waals surface area contributed by atoms with Gasteiger partial charge in [-0.25, -0.2) is 0 Å². The zero-order chi connectivity index (χ0) is 10.4. The minimum Gasteiger partial charge on any atom is -0.450 e. The molecule has 0 N–H and O–H groups in total. The van der Waals surface area contributed by atoms with Crippen molar-refractivity contribution in [2.45, 2.75) is 19.4 Å². The van der Waals surface area contributed by atoms with E-state index in [1.165, 1.54) is 0 Å². The van der Waals surface area contributed by atoms with Crippen molar-refractivity contribution in [1.82, 2.24) is 0 Å². The molecule has 0 aliphatic carbocycles. The zero-order valence-corrected chi connectivity index (χ0v) is 7.97. The summed E-state index contributed by atoms with van der Waals surface area (Å²) in [5.74, 6) is -0.369. The van der Waals surface area contributed by atoms with Gasteiger partial charge in [-0.3, -0.25) is 9.59 Å². The van der Waals surface area contributed by atoms with Crippen molar-refractivity contribution < 1.29 is 14.3 Å². The summed E-state index contributed by atoms with van der Waals surface area (Å²) < 4.78 is 4.93. The highest BCUT2D eigenvalue weighted by molar-refractivity contribution is 5.73. The van der Waals surface area contributed by atoms with Gasteiger partial charge in [-0.1, -0.05) is 37.3 Å². The van der Waals surface area contributed by atoms with E-state index in [9.17, 15) is 9.59 Å². The lowest BCUT2D eigenvalue weighted by molar-refractivity contribution is -0.151. The summed E-state index contributed by atoms with van der Waals surface area (Å²) in [6.07, 6.45) is 0.128. The Bertz CT molecular complexity index is 306. The third kappa shape index (κ3) is 2.69. The Balaban J connectivity index is 2.73. The highest BCUT2D eigenvalue weighted by Crippen LogP contribution is 2.14. The normalized spacial score (nSPS) is 11.8. The van der Waals surface area contributed by atoms with Crippen LogP contribution in [0.3, 0.4) is 0 Å². The van der Waals surface area contributed by atoms with Crippen molar-refractivity contribution in [2.24, 2.45) is 0 Å². The van der Waals surface area contributed by atoms with Crippen molar-refractivity contribution >= 4 is 12.3 Å². The Labute approximate surface area is 82.7 Å². The molecule has 0 aliphatic heterocycles. The fraction of sp³-hybridized carbons (Fsp3) is 0.273. The molecule has 1 rings (SSSR count). The van der Waals surface area contributed by atoms with Crippen LogP contribution in [0.4, 0.5) is 0 Å². The predicted octanol–water partition coefficient (Wildman–Crippen LogP) is 1.88. The molecule has 0 saturated carbocycles. The molecule has 1 atom stereocenters. The Kier molecular flexibility index (Phi) is 3.85. The molecule has 1 aromatic carbocycles. The van der Waals surface area contributed by atoms with Gasteiger partial charge in [0.25, 0.3) is 0 Å².